The Bertz CT molecular complexity index is 117. The summed E-state index contributed by atoms with van der Waals surface area (Å²) in [4.78, 5) is 0. The molecule has 0 saturated heterocycles. The standard InChI is InChI=1S/C14H30OS2/c1-3-5-7-11-16-13-9-15-10-14-17-12-8-6-4-2/h3-14H2,1-2H3. The van der Waals surface area contributed by atoms with Gasteiger partial charge in [-0.25, -0.2) is 0 Å². The minimum Gasteiger partial charge on any atom is -0.380 e. The van der Waals surface area contributed by atoms with Crippen molar-refractivity contribution in [2.75, 3.05) is 36.2 Å². The highest BCUT2D eigenvalue weighted by atomic mass is 32.2. The van der Waals surface area contributed by atoms with Crippen LogP contribution in [0.4, 0.5) is 0 Å². The molecular weight excluding hydrogens is 248 g/mol. The molecule has 0 unspecified atom stereocenters. The van der Waals surface area contributed by atoms with Gasteiger partial charge in [0.1, 0.15) is 0 Å². The molecule has 0 aliphatic heterocycles. The normalized spacial score (nSPS) is 10.9. The summed E-state index contributed by atoms with van der Waals surface area (Å²) in [6.07, 6.45) is 8.14. The van der Waals surface area contributed by atoms with E-state index >= 15 is 0 Å². The number of unbranched alkanes of at least 4 members (excludes halogenated alkanes) is 4. The molecule has 0 atom stereocenters. The molecule has 0 saturated carbocycles. The van der Waals surface area contributed by atoms with Gasteiger partial charge in [0.25, 0.3) is 0 Å². The molecule has 0 heterocycles. The first-order valence-corrected chi connectivity index (χ1v) is 9.46. The second kappa shape index (κ2) is 16.7. The van der Waals surface area contributed by atoms with Crippen LogP contribution >= 0.6 is 23.5 Å². The summed E-state index contributed by atoms with van der Waals surface area (Å²) in [7, 11) is 0. The smallest absolute Gasteiger partial charge is 0.0557 e. The Morgan fingerprint density at radius 1 is 0.647 bits per heavy atom. The lowest BCUT2D eigenvalue weighted by molar-refractivity contribution is 0.167. The number of thioether (sulfide) groups is 2. The molecule has 0 aliphatic carbocycles. The van der Waals surface area contributed by atoms with Crippen LogP contribution in [0.3, 0.4) is 0 Å². The predicted molar refractivity (Wildman–Crippen MR) is 84.5 cm³/mol. The van der Waals surface area contributed by atoms with Crippen LogP contribution in [0.25, 0.3) is 0 Å². The number of hydrogen-bond donors (Lipinski definition) is 0. The first kappa shape index (κ1) is 17.7. The van der Waals surface area contributed by atoms with Gasteiger partial charge >= 0.3 is 0 Å². The summed E-state index contributed by atoms with van der Waals surface area (Å²) in [5.74, 6) is 4.96. The van der Waals surface area contributed by atoms with E-state index in [1.165, 1.54) is 61.5 Å². The van der Waals surface area contributed by atoms with Crippen molar-refractivity contribution in [3.63, 3.8) is 0 Å². The molecule has 17 heavy (non-hydrogen) atoms. The van der Waals surface area contributed by atoms with Gasteiger partial charge in [-0.3, -0.25) is 0 Å². The van der Waals surface area contributed by atoms with Crippen molar-refractivity contribution in [1.82, 2.24) is 0 Å². The van der Waals surface area contributed by atoms with E-state index in [-0.39, 0.29) is 0 Å². The molecule has 0 radical (unpaired) electrons. The predicted octanol–water partition coefficient (Wildman–Crippen LogP) is 4.85. The molecule has 104 valence electrons. The van der Waals surface area contributed by atoms with Crippen LogP contribution in [0.2, 0.25) is 0 Å². The zero-order valence-electron chi connectivity index (χ0n) is 11.7. The van der Waals surface area contributed by atoms with Crippen molar-refractivity contribution in [3.05, 3.63) is 0 Å². The Kier molecular flexibility index (Phi) is 17.3. The maximum atomic E-state index is 5.61. The van der Waals surface area contributed by atoms with Gasteiger partial charge in [0, 0.05) is 11.5 Å². The van der Waals surface area contributed by atoms with Gasteiger partial charge in [0.05, 0.1) is 13.2 Å². The summed E-state index contributed by atoms with van der Waals surface area (Å²) in [6.45, 7) is 6.39. The Hall–Kier alpha value is 0.660. The average molecular weight is 279 g/mol. The second-order valence-electron chi connectivity index (χ2n) is 4.25. The minimum atomic E-state index is 0.937. The fourth-order valence-corrected chi connectivity index (χ4v) is 3.15. The topological polar surface area (TPSA) is 9.23 Å². The van der Waals surface area contributed by atoms with Crippen LogP contribution in [0.15, 0.2) is 0 Å². The third-order valence-electron chi connectivity index (χ3n) is 2.53. The third kappa shape index (κ3) is 16.7. The summed E-state index contributed by atoms with van der Waals surface area (Å²) in [6, 6.07) is 0. The van der Waals surface area contributed by atoms with Crippen LogP contribution in [0.5, 0.6) is 0 Å². The highest BCUT2D eigenvalue weighted by Crippen LogP contribution is 2.07. The quantitative estimate of drug-likeness (QED) is 0.420. The largest absolute Gasteiger partial charge is 0.380 e. The minimum absolute atomic E-state index is 0.937. The lowest BCUT2D eigenvalue weighted by Crippen LogP contribution is -2.02. The Morgan fingerprint density at radius 3 is 1.53 bits per heavy atom. The lowest BCUT2D eigenvalue weighted by Gasteiger charge is -2.04. The Balaban J connectivity index is 2.85. The van der Waals surface area contributed by atoms with Crippen LogP contribution < -0.4 is 0 Å². The van der Waals surface area contributed by atoms with Crippen LogP contribution in [0.1, 0.15) is 52.4 Å². The van der Waals surface area contributed by atoms with Crippen molar-refractivity contribution < 1.29 is 4.74 Å². The number of rotatable bonds is 14. The van der Waals surface area contributed by atoms with Gasteiger partial charge < -0.3 is 4.74 Å². The highest BCUT2D eigenvalue weighted by Gasteiger charge is 1.92. The van der Waals surface area contributed by atoms with E-state index in [2.05, 4.69) is 13.8 Å². The molecule has 0 aliphatic rings. The van der Waals surface area contributed by atoms with Gasteiger partial charge in [-0.2, -0.15) is 23.5 Å². The van der Waals surface area contributed by atoms with Gasteiger partial charge in [-0.1, -0.05) is 39.5 Å². The molecule has 0 fully saturated rings. The third-order valence-corrected chi connectivity index (χ3v) is 4.59. The van der Waals surface area contributed by atoms with Gasteiger partial charge in [0.2, 0.25) is 0 Å². The monoisotopic (exact) mass is 278 g/mol. The SMILES string of the molecule is CCCCCSCCOCCSCCCCC. The van der Waals surface area contributed by atoms with E-state index in [1.807, 2.05) is 23.5 Å². The molecule has 0 aromatic rings. The molecule has 0 rings (SSSR count). The average Bonchev–Trinajstić information content (AvgIpc) is 2.35. The molecule has 1 nitrogen and oxygen atoms in total. The van der Waals surface area contributed by atoms with Gasteiger partial charge in [-0.05, 0) is 24.3 Å². The van der Waals surface area contributed by atoms with Crippen molar-refractivity contribution in [2.24, 2.45) is 0 Å². The Labute approximate surface area is 117 Å². The zero-order valence-corrected chi connectivity index (χ0v) is 13.3. The maximum absolute atomic E-state index is 5.61. The molecule has 0 aromatic heterocycles. The lowest BCUT2D eigenvalue weighted by atomic mass is 10.3. The first-order chi connectivity index (χ1) is 8.41. The molecule has 0 aromatic carbocycles. The molecule has 0 bridgehead atoms. The van der Waals surface area contributed by atoms with E-state index in [0.717, 1.165) is 13.2 Å². The van der Waals surface area contributed by atoms with Crippen molar-refractivity contribution in [1.29, 1.82) is 0 Å². The van der Waals surface area contributed by atoms with E-state index in [0.29, 0.717) is 0 Å². The second-order valence-corrected chi connectivity index (χ2v) is 6.70. The van der Waals surface area contributed by atoms with Crippen molar-refractivity contribution in [3.8, 4) is 0 Å². The van der Waals surface area contributed by atoms with E-state index in [9.17, 15) is 0 Å². The molecular formula is C14H30OS2. The fourth-order valence-electron chi connectivity index (χ4n) is 1.45. The first-order valence-electron chi connectivity index (χ1n) is 7.15. The van der Waals surface area contributed by atoms with E-state index in [1.54, 1.807) is 0 Å². The molecule has 0 N–H and O–H groups in total. The zero-order chi connectivity index (χ0) is 12.6. The van der Waals surface area contributed by atoms with Crippen LogP contribution in [-0.2, 0) is 4.74 Å². The molecule has 0 spiro atoms. The summed E-state index contributed by atoms with van der Waals surface area (Å²) < 4.78 is 5.61. The summed E-state index contributed by atoms with van der Waals surface area (Å²) in [5, 5.41) is 0. The molecule has 0 amide bonds. The highest BCUT2D eigenvalue weighted by molar-refractivity contribution is 7.99. The fraction of sp³-hybridized carbons (Fsp3) is 1.00. The molecule has 3 heteroatoms. The Morgan fingerprint density at radius 2 is 1.12 bits per heavy atom. The number of ether oxygens (including phenoxy) is 1. The van der Waals surface area contributed by atoms with E-state index < -0.39 is 0 Å². The maximum Gasteiger partial charge on any atom is 0.0557 e. The van der Waals surface area contributed by atoms with Gasteiger partial charge in [0.15, 0.2) is 0 Å². The van der Waals surface area contributed by atoms with E-state index in [4.69, 9.17) is 4.74 Å². The van der Waals surface area contributed by atoms with Gasteiger partial charge in [-0.15, -0.1) is 0 Å². The summed E-state index contributed by atoms with van der Waals surface area (Å²) >= 11 is 4.07. The van der Waals surface area contributed by atoms with Crippen molar-refractivity contribution >= 4 is 23.5 Å². The van der Waals surface area contributed by atoms with Crippen LogP contribution in [-0.4, -0.2) is 36.2 Å². The van der Waals surface area contributed by atoms with Crippen molar-refractivity contribution in [2.45, 2.75) is 52.4 Å². The number of hydrogen-bond acceptors (Lipinski definition) is 3. The van der Waals surface area contributed by atoms with Crippen LogP contribution in [0, 0.1) is 0 Å². The summed E-state index contributed by atoms with van der Waals surface area (Å²) in [5.41, 5.74) is 0.